The van der Waals surface area contributed by atoms with E-state index in [-0.39, 0.29) is 11.9 Å². The summed E-state index contributed by atoms with van der Waals surface area (Å²) in [5, 5.41) is 26.8. The van der Waals surface area contributed by atoms with Gasteiger partial charge in [-0.1, -0.05) is 24.4 Å². The zero-order valence-electron chi connectivity index (χ0n) is 20.4. The van der Waals surface area contributed by atoms with E-state index < -0.39 is 0 Å². The first-order chi connectivity index (χ1) is 18.6. The molecule has 3 aromatic heterocycles. The van der Waals surface area contributed by atoms with Gasteiger partial charge >= 0.3 is 0 Å². The van der Waals surface area contributed by atoms with Crippen molar-refractivity contribution in [1.29, 1.82) is 0 Å². The maximum atomic E-state index is 13.0. The molecule has 1 aliphatic heterocycles. The van der Waals surface area contributed by atoms with Crippen LogP contribution in [0, 0.1) is 0 Å². The predicted octanol–water partition coefficient (Wildman–Crippen LogP) is 4.44. The number of aromatic amines is 2. The van der Waals surface area contributed by atoms with Crippen molar-refractivity contribution in [3.05, 3.63) is 71.5 Å². The molecule has 0 unspecified atom stereocenters. The van der Waals surface area contributed by atoms with Crippen LogP contribution in [-0.4, -0.2) is 52.8 Å². The number of H-pyrrole nitrogens is 2. The predicted molar refractivity (Wildman–Crippen MR) is 145 cm³/mol. The minimum absolute atomic E-state index is 0.232. The highest BCUT2D eigenvalue weighted by Gasteiger charge is 2.20. The number of hydrogen-bond acceptors (Lipinski definition) is 7. The van der Waals surface area contributed by atoms with Crippen LogP contribution in [0.5, 0.6) is 0 Å². The Hall–Kier alpha value is -4.51. The van der Waals surface area contributed by atoms with Crippen LogP contribution in [0.1, 0.15) is 43.1 Å². The normalized spacial score (nSPS) is 16.0. The third-order valence-electron chi connectivity index (χ3n) is 6.58. The average Bonchev–Trinajstić information content (AvgIpc) is 3.69. The second kappa shape index (κ2) is 10.5. The Morgan fingerprint density at radius 3 is 3.03 bits per heavy atom. The van der Waals surface area contributed by atoms with E-state index in [0.717, 1.165) is 65.9 Å². The van der Waals surface area contributed by atoms with E-state index >= 15 is 0 Å². The number of fused-ring (bicyclic) bond motifs is 5. The largest absolute Gasteiger partial charge is 0.384 e. The molecular formula is C26H25ClN10O. The molecule has 1 aliphatic rings. The zero-order valence-corrected chi connectivity index (χ0v) is 21.1. The quantitative estimate of drug-likeness (QED) is 0.252. The molecule has 11 nitrogen and oxygen atoms in total. The van der Waals surface area contributed by atoms with Crippen LogP contribution in [0.25, 0.3) is 33.9 Å². The molecule has 2 bridgehead atoms. The van der Waals surface area contributed by atoms with E-state index in [1.54, 1.807) is 24.3 Å². The van der Waals surface area contributed by atoms with Crippen LogP contribution in [0.3, 0.4) is 0 Å². The lowest BCUT2D eigenvalue weighted by molar-refractivity contribution is -0.117. The van der Waals surface area contributed by atoms with Gasteiger partial charge in [-0.05, 0) is 59.7 Å². The standard InChI is InChI=1S/C26H25ClN10O/c27-18-6-7-24(37-15-31-35-36-37)16(10-18)5-8-25(38)32-20-4-2-1-3-9-28-22-11-17-13-30-34-21(17)12-19(22)23-14-29-26(20)33-23/h5-8,10-15,20,28H,1-4,9H2,(H,29,33)(H,30,34)(H,32,38)/b8-5+/t20-/m0/s1. The molecule has 6 rings (SSSR count). The van der Waals surface area contributed by atoms with Crippen LogP contribution >= 0.6 is 11.6 Å². The third-order valence-corrected chi connectivity index (χ3v) is 6.82. The Labute approximate surface area is 222 Å². The number of amides is 1. The fourth-order valence-corrected chi connectivity index (χ4v) is 4.86. The summed E-state index contributed by atoms with van der Waals surface area (Å²) in [7, 11) is 0. The Balaban J connectivity index is 1.26. The molecule has 1 atom stereocenters. The van der Waals surface area contributed by atoms with Gasteiger partial charge in [-0.3, -0.25) is 9.89 Å². The number of nitrogens with zero attached hydrogens (tertiary/aromatic N) is 6. The van der Waals surface area contributed by atoms with Crippen molar-refractivity contribution in [3.63, 3.8) is 0 Å². The summed E-state index contributed by atoms with van der Waals surface area (Å²) in [5.41, 5.74) is 5.17. The zero-order chi connectivity index (χ0) is 25.9. The highest BCUT2D eigenvalue weighted by molar-refractivity contribution is 6.30. The molecule has 0 fully saturated rings. The number of benzene rings is 2. The fraction of sp³-hybridized carbons (Fsp3) is 0.231. The summed E-state index contributed by atoms with van der Waals surface area (Å²) in [6.07, 6.45) is 12.2. The van der Waals surface area contributed by atoms with Crippen molar-refractivity contribution >= 4 is 40.2 Å². The molecule has 2 aromatic carbocycles. The SMILES string of the molecule is O=C(/C=C/c1cc(Cl)ccc1-n1cnnn1)N[C@H]1CCCCCNc2cc3cn[nH]c3cc2-c2c[nH]c1n2. The molecule has 192 valence electrons. The van der Waals surface area contributed by atoms with Crippen LogP contribution in [-0.2, 0) is 4.79 Å². The number of nitrogens with one attached hydrogen (secondary N) is 4. The molecule has 38 heavy (non-hydrogen) atoms. The number of aromatic nitrogens is 8. The first-order valence-corrected chi connectivity index (χ1v) is 12.8. The lowest BCUT2D eigenvalue weighted by Crippen LogP contribution is -2.27. The average molecular weight is 529 g/mol. The number of imidazole rings is 1. The summed E-state index contributed by atoms with van der Waals surface area (Å²) in [6.45, 7) is 0.858. The lowest BCUT2D eigenvalue weighted by atomic mass is 10.1. The second-order valence-corrected chi connectivity index (χ2v) is 9.59. The molecule has 4 N–H and O–H groups in total. The van der Waals surface area contributed by atoms with E-state index in [0.29, 0.717) is 16.3 Å². The number of rotatable bonds is 4. The van der Waals surface area contributed by atoms with E-state index in [4.69, 9.17) is 16.6 Å². The monoisotopic (exact) mass is 528 g/mol. The summed E-state index contributed by atoms with van der Waals surface area (Å²) < 4.78 is 1.52. The van der Waals surface area contributed by atoms with E-state index in [9.17, 15) is 4.79 Å². The minimum atomic E-state index is -0.258. The maximum Gasteiger partial charge on any atom is 0.244 e. The van der Waals surface area contributed by atoms with Gasteiger partial charge in [-0.2, -0.15) is 9.78 Å². The smallest absolute Gasteiger partial charge is 0.244 e. The second-order valence-electron chi connectivity index (χ2n) is 9.15. The molecule has 0 radical (unpaired) electrons. The highest BCUT2D eigenvalue weighted by atomic mass is 35.5. The Bertz CT molecular complexity index is 1600. The van der Waals surface area contributed by atoms with Gasteiger partial charge in [0.1, 0.15) is 12.2 Å². The molecule has 1 amide bonds. The Morgan fingerprint density at radius 2 is 2.13 bits per heavy atom. The van der Waals surface area contributed by atoms with E-state index in [1.165, 1.54) is 17.1 Å². The van der Waals surface area contributed by atoms with Gasteiger partial charge in [0, 0.05) is 46.0 Å². The summed E-state index contributed by atoms with van der Waals surface area (Å²) in [4.78, 5) is 21.2. The molecule has 0 aliphatic carbocycles. The van der Waals surface area contributed by atoms with Gasteiger partial charge in [-0.15, -0.1) is 5.10 Å². The van der Waals surface area contributed by atoms with Crippen molar-refractivity contribution < 1.29 is 4.79 Å². The molecule has 4 heterocycles. The van der Waals surface area contributed by atoms with Crippen LogP contribution in [0.2, 0.25) is 5.02 Å². The van der Waals surface area contributed by atoms with Crippen molar-refractivity contribution in [2.24, 2.45) is 0 Å². The maximum absolute atomic E-state index is 13.0. The summed E-state index contributed by atoms with van der Waals surface area (Å²) in [6, 6.07) is 9.21. The lowest BCUT2D eigenvalue weighted by Gasteiger charge is -2.17. The molecule has 12 heteroatoms. The van der Waals surface area contributed by atoms with Gasteiger partial charge in [0.25, 0.3) is 0 Å². The Kier molecular flexibility index (Phi) is 6.57. The van der Waals surface area contributed by atoms with Gasteiger partial charge in [-0.25, -0.2) is 4.98 Å². The first kappa shape index (κ1) is 23.9. The third kappa shape index (κ3) is 5.00. The van der Waals surface area contributed by atoms with Gasteiger partial charge < -0.3 is 15.6 Å². The number of hydrogen-bond donors (Lipinski definition) is 4. The molecule has 5 aromatic rings. The van der Waals surface area contributed by atoms with Crippen molar-refractivity contribution in [2.45, 2.75) is 31.7 Å². The molecule has 0 saturated heterocycles. The minimum Gasteiger partial charge on any atom is -0.384 e. The topological polar surface area (TPSA) is 142 Å². The number of carbonyl (C=O) groups excluding carboxylic acids is 1. The van der Waals surface area contributed by atoms with Crippen LogP contribution in [0.4, 0.5) is 5.69 Å². The van der Waals surface area contributed by atoms with Gasteiger partial charge in [0.05, 0.1) is 29.1 Å². The highest BCUT2D eigenvalue weighted by Crippen LogP contribution is 2.32. The number of anilines is 1. The fourth-order valence-electron chi connectivity index (χ4n) is 4.68. The summed E-state index contributed by atoms with van der Waals surface area (Å²) >= 11 is 6.21. The van der Waals surface area contributed by atoms with Gasteiger partial charge in [0.15, 0.2) is 0 Å². The van der Waals surface area contributed by atoms with Crippen LogP contribution in [0.15, 0.2) is 55.1 Å². The molecular weight excluding hydrogens is 504 g/mol. The summed E-state index contributed by atoms with van der Waals surface area (Å²) in [5.74, 6) is 0.485. The molecule has 0 spiro atoms. The number of tetrazole rings is 1. The molecule has 0 saturated carbocycles. The number of carbonyl (C=O) groups is 1. The number of halogens is 1. The Morgan fingerprint density at radius 1 is 1.18 bits per heavy atom. The van der Waals surface area contributed by atoms with Crippen LogP contribution < -0.4 is 10.6 Å². The van der Waals surface area contributed by atoms with E-state index in [2.05, 4.69) is 53.5 Å². The van der Waals surface area contributed by atoms with Crippen molar-refractivity contribution in [3.8, 4) is 16.9 Å². The van der Waals surface area contributed by atoms with Gasteiger partial charge in [0.2, 0.25) is 5.91 Å². The first-order valence-electron chi connectivity index (χ1n) is 12.4. The van der Waals surface area contributed by atoms with E-state index in [1.807, 2.05) is 12.4 Å². The van der Waals surface area contributed by atoms with Crippen molar-refractivity contribution in [2.75, 3.05) is 11.9 Å². The van der Waals surface area contributed by atoms with Crippen molar-refractivity contribution in [1.82, 2.24) is 45.7 Å².